The first-order chi connectivity index (χ1) is 22.7. The van der Waals surface area contributed by atoms with E-state index in [1.54, 1.807) is 13.8 Å². The van der Waals surface area contributed by atoms with E-state index in [4.69, 9.17) is 20.1 Å². The Morgan fingerprint density at radius 2 is 1.84 bits per heavy atom. The zero-order chi connectivity index (χ0) is 36.1. The summed E-state index contributed by atoms with van der Waals surface area (Å²) in [6, 6.07) is 12.9. The molecule has 1 fully saturated rings. The number of hydrogen-bond donors (Lipinski definition) is 2. The number of rotatable bonds is 8. The Labute approximate surface area is 277 Å². The quantitative estimate of drug-likeness (QED) is 0.156. The maximum atomic E-state index is 12.9. The summed E-state index contributed by atoms with van der Waals surface area (Å²) in [6.07, 6.45) is -4.06. The van der Waals surface area contributed by atoms with E-state index in [2.05, 4.69) is 27.3 Å². The van der Waals surface area contributed by atoms with Crippen LogP contribution in [0.25, 0.3) is 11.1 Å². The predicted octanol–water partition coefficient (Wildman–Crippen LogP) is 5.45. The number of pyridine rings is 1. The number of aromatic carboxylic acids is 1. The molecule has 0 radical (unpaired) electrons. The van der Waals surface area contributed by atoms with E-state index in [1.807, 2.05) is 24.3 Å². The van der Waals surface area contributed by atoms with Crippen LogP contribution in [0.15, 0.2) is 53.2 Å². The second kappa shape index (κ2) is 12.6. The molecule has 17 heteroatoms. The molecule has 0 amide bonds. The Balaban J connectivity index is 0.000000196. The van der Waals surface area contributed by atoms with Gasteiger partial charge in [-0.25, -0.2) is 27.0 Å². The van der Waals surface area contributed by atoms with Gasteiger partial charge in [0.2, 0.25) is 5.89 Å². The molecule has 6 rings (SSSR count). The van der Waals surface area contributed by atoms with Gasteiger partial charge in [0.1, 0.15) is 15.6 Å². The van der Waals surface area contributed by atoms with Crippen molar-refractivity contribution in [3.63, 3.8) is 0 Å². The Morgan fingerprint density at radius 3 is 2.41 bits per heavy atom. The van der Waals surface area contributed by atoms with Gasteiger partial charge in [-0.3, -0.25) is 0 Å². The number of nitrogens with zero attached hydrogens (tertiary/aromatic N) is 4. The van der Waals surface area contributed by atoms with Gasteiger partial charge in [0.05, 0.1) is 36.1 Å². The van der Waals surface area contributed by atoms with Crippen LogP contribution in [0.2, 0.25) is 0 Å². The third-order valence-electron chi connectivity index (χ3n) is 8.21. The number of aromatic nitrogens is 3. The molecule has 49 heavy (non-hydrogen) atoms. The fourth-order valence-corrected chi connectivity index (χ4v) is 7.18. The number of anilines is 2. The minimum Gasteiger partial charge on any atom is -0.479 e. The van der Waals surface area contributed by atoms with Crippen molar-refractivity contribution < 1.29 is 49.5 Å². The molecular weight excluding hydrogens is 677 g/mol. The fraction of sp³-hybridized carbons (Fsp3) is 0.375. The van der Waals surface area contributed by atoms with E-state index in [0.29, 0.717) is 23.0 Å². The second-order valence-electron chi connectivity index (χ2n) is 12.3. The van der Waals surface area contributed by atoms with Gasteiger partial charge in [0.25, 0.3) is 5.92 Å². The molecule has 3 N–H and O–H groups in total. The van der Waals surface area contributed by atoms with E-state index in [0.717, 1.165) is 41.6 Å². The zero-order valence-electron chi connectivity index (χ0n) is 26.7. The highest BCUT2D eigenvalue weighted by molar-refractivity contribution is 7.90. The van der Waals surface area contributed by atoms with Gasteiger partial charge in [-0.15, -0.1) is 0 Å². The van der Waals surface area contributed by atoms with E-state index in [-0.39, 0.29) is 11.4 Å². The molecule has 0 spiro atoms. The summed E-state index contributed by atoms with van der Waals surface area (Å²) in [7, 11) is -3.33. The van der Waals surface area contributed by atoms with Crippen molar-refractivity contribution in [3.05, 3.63) is 82.8 Å². The van der Waals surface area contributed by atoms with Crippen LogP contribution in [0.5, 0.6) is 5.75 Å². The molecule has 1 unspecified atom stereocenters. The Bertz CT molecular complexity index is 2010. The van der Waals surface area contributed by atoms with E-state index in [1.165, 1.54) is 17.4 Å². The summed E-state index contributed by atoms with van der Waals surface area (Å²) >= 11 is 0. The third-order valence-corrected chi connectivity index (χ3v) is 9.32. The van der Waals surface area contributed by atoms with E-state index >= 15 is 0 Å². The highest BCUT2D eigenvalue weighted by Gasteiger charge is 2.46. The highest BCUT2D eigenvalue weighted by Crippen LogP contribution is 2.45. The number of fused-ring (bicyclic) bond motifs is 3. The zero-order valence-corrected chi connectivity index (χ0v) is 27.5. The van der Waals surface area contributed by atoms with Crippen LogP contribution in [0.4, 0.5) is 33.3 Å². The lowest BCUT2D eigenvalue weighted by molar-refractivity contribution is -0.189. The molecule has 0 saturated carbocycles. The van der Waals surface area contributed by atoms with Crippen molar-refractivity contribution in [2.75, 3.05) is 35.7 Å². The van der Waals surface area contributed by atoms with Gasteiger partial charge < -0.3 is 25.0 Å². The number of ether oxygens (including phenoxy) is 1. The molecule has 1 aliphatic heterocycles. The number of carboxylic acid groups (broad SMARTS) is 1. The van der Waals surface area contributed by atoms with Gasteiger partial charge in [0, 0.05) is 31.4 Å². The first kappa shape index (κ1) is 35.5. The number of alkyl halides is 5. The lowest BCUT2D eigenvalue weighted by atomic mass is 9.80. The Hall–Kier alpha value is -4.80. The number of nitrogen functional groups attached to an aromatic ring is 1. The smallest absolute Gasteiger partial charge is 0.425 e. The molecule has 2 aromatic heterocycles. The highest BCUT2D eigenvalue weighted by atomic mass is 32.2. The van der Waals surface area contributed by atoms with Crippen molar-refractivity contribution in [2.24, 2.45) is 0 Å². The summed E-state index contributed by atoms with van der Waals surface area (Å²) in [4.78, 5) is 19.7. The number of carboxylic acids is 1. The predicted molar refractivity (Wildman–Crippen MR) is 169 cm³/mol. The number of benzene rings is 2. The number of sulfone groups is 1. The largest absolute Gasteiger partial charge is 0.479 e. The lowest BCUT2D eigenvalue weighted by Crippen LogP contribution is -2.56. The Morgan fingerprint density at radius 1 is 1.16 bits per heavy atom. The van der Waals surface area contributed by atoms with Crippen molar-refractivity contribution in [3.8, 4) is 16.9 Å². The van der Waals surface area contributed by atoms with Gasteiger partial charge >= 0.3 is 12.1 Å². The maximum Gasteiger partial charge on any atom is 0.425 e. The van der Waals surface area contributed by atoms with Gasteiger partial charge in [-0.2, -0.15) is 18.2 Å². The average Bonchev–Trinajstić information content (AvgIpc) is 3.59. The summed E-state index contributed by atoms with van der Waals surface area (Å²) in [5, 5.41) is 12.8. The maximum absolute atomic E-state index is 12.9. The van der Waals surface area contributed by atoms with E-state index in [9.17, 15) is 35.2 Å². The van der Waals surface area contributed by atoms with Gasteiger partial charge in [-0.05, 0) is 41.7 Å². The molecule has 2 aromatic carbocycles. The van der Waals surface area contributed by atoms with Crippen molar-refractivity contribution in [2.45, 2.75) is 50.8 Å². The van der Waals surface area contributed by atoms with Crippen LogP contribution in [-0.4, -0.2) is 77.9 Å². The van der Waals surface area contributed by atoms with Crippen LogP contribution in [0.3, 0.4) is 0 Å². The minimum atomic E-state index is -4.68. The first-order valence-electron chi connectivity index (χ1n) is 14.8. The molecule has 4 aromatic rings. The second-order valence-corrected chi connectivity index (χ2v) is 14.4. The molecule has 1 saturated heterocycles. The number of carbonyl (C=O) groups is 1. The lowest BCUT2D eigenvalue weighted by Gasteiger charge is -2.41. The van der Waals surface area contributed by atoms with Crippen molar-refractivity contribution in [1.82, 2.24) is 15.1 Å². The molecule has 0 bridgehead atoms. The molecule has 3 heterocycles. The number of aryl methyl sites for hydroxylation is 1. The number of halogens is 5. The van der Waals surface area contributed by atoms with Crippen LogP contribution in [0, 0.1) is 6.92 Å². The van der Waals surface area contributed by atoms with Crippen molar-refractivity contribution >= 4 is 27.2 Å². The SMILES string of the molecule is C[C@H](Oc1cc(C(=O)O)ncc1N1CC(F)(F)C1)C(F)(F)F.Cc1nc(C(C)(CS(C)(=O)=O)c2ccc3c(c2N)Cc2ccccc2-3)no1. The summed E-state index contributed by atoms with van der Waals surface area (Å²) in [5.74, 6) is -4.31. The summed E-state index contributed by atoms with van der Waals surface area (Å²) in [5.41, 5.74) is 10.7. The molecule has 2 aliphatic rings. The van der Waals surface area contributed by atoms with Gasteiger partial charge in [0.15, 0.2) is 17.6 Å². The number of nitrogens with two attached hydrogens (primary N) is 1. The minimum absolute atomic E-state index is 0.105. The van der Waals surface area contributed by atoms with Crippen LogP contribution < -0.4 is 15.4 Å². The number of hydrogen-bond acceptors (Lipinski definition) is 10. The Kier molecular flexibility index (Phi) is 9.12. The normalized spacial score (nSPS) is 16.7. The molecular formula is C32H32F5N5O6S. The fourth-order valence-electron chi connectivity index (χ4n) is 5.85. The third kappa shape index (κ3) is 7.45. The van der Waals surface area contributed by atoms with Gasteiger partial charge in [-0.1, -0.05) is 41.6 Å². The topological polar surface area (TPSA) is 162 Å². The summed E-state index contributed by atoms with van der Waals surface area (Å²) in [6.45, 7) is 2.82. The first-order valence-corrected chi connectivity index (χ1v) is 16.8. The van der Waals surface area contributed by atoms with Crippen LogP contribution in [0.1, 0.15) is 52.7 Å². The summed E-state index contributed by atoms with van der Waals surface area (Å²) < 4.78 is 97.7. The molecule has 2 atom stereocenters. The van der Waals surface area contributed by atoms with Crippen molar-refractivity contribution in [1.29, 1.82) is 0 Å². The van der Waals surface area contributed by atoms with Crippen LogP contribution >= 0.6 is 0 Å². The molecule has 11 nitrogen and oxygen atoms in total. The van der Waals surface area contributed by atoms with E-state index < -0.39 is 64.0 Å². The average molecular weight is 710 g/mol. The monoisotopic (exact) mass is 709 g/mol. The van der Waals surface area contributed by atoms with Crippen LogP contribution in [-0.2, 0) is 21.7 Å². The molecule has 1 aliphatic carbocycles. The molecule has 262 valence electrons. The standard InChI is InChI=1S/C20H21N3O3S.C12H11F5N2O3/c1-12-22-19(23-26-12)20(2,11-27(3,24)25)17-9-8-15-14-7-5-4-6-13(14)10-16(15)18(17)21;1-6(12(15,16)17)22-9-2-7(10(20)21)18-3-8(9)19-4-11(13,14)5-19/h4-9H,10-11,21H2,1-3H3;2-3,6H,4-5H2,1H3,(H,20,21)/t;6-/m.0/s1.